The Morgan fingerprint density at radius 2 is 2.21 bits per heavy atom. The number of carbonyl (C=O) groups excluding carboxylic acids is 2. The average molecular weight is 353 g/mol. The van der Waals surface area contributed by atoms with E-state index in [0.717, 1.165) is 31.4 Å². The molecule has 6 heteroatoms. The van der Waals surface area contributed by atoms with Gasteiger partial charge in [0.25, 0.3) is 5.91 Å². The fourth-order valence-electron chi connectivity index (χ4n) is 3.05. The minimum absolute atomic E-state index is 0.0450. The zero-order valence-corrected chi connectivity index (χ0v) is 15.0. The highest BCUT2D eigenvalue weighted by Crippen LogP contribution is 2.27. The molecule has 0 aliphatic carbocycles. The molecule has 0 radical (unpaired) electrons. The molecule has 1 aliphatic heterocycles. The van der Waals surface area contributed by atoms with E-state index in [-0.39, 0.29) is 11.8 Å². The first-order valence-electron chi connectivity index (χ1n) is 8.36. The van der Waals surface area contributed by atoms with E-state index >= 15 is 0 Å². The minimum atomic E-state index is -0.598. The lowest BCUT2D eigenvalue weighted by Gasteiger charge is -2.34. The molecule has 0 bridgehead atoms. The van der Waals surface area contributed by atoms with Gasteiger partial charge in [-0.2, -0.15) is 0 Å². The number of primary amides is 1. The van der Waals surface area contributed by atoms with E-state index in [1.807, 2.05) is 24.0 Å². The third-order valence-electron chi connectivity index (χ3n) is 4.37. The van der Waals surface area contributed by atoms with Crippen molar-refractivity contribution in [1.82, 2.24) is 4.90 Å². The van der Waals surface area contributed by atoms with Gasteiger partial charge in [0.2, 0.25) is 5.91 Å². The fraction of sp³-hybridized carbons (Fsp3) is 0.556. The first-order chi connectivity index (χ1) is 11.4. The van der Waals surface area contributed by atoms with Crippen LogP contribution in [0.2, 0.25) is 5.02 Å². The molecule has 2 atom stereocenters. The number of nitrogens with two attached hydrogens (primary N) is 1. The largest absolute Gasteiger partial charge is 0.479 e. The summed E-state index contributed by atoms with van der Waals surface area (Å²) in [7, 11) is 0. The van der Waals surface area contributed by atoms with Gasteiger partial charge in [0, 0.05) is 19.5 Å². The number of carbonyl (C=O) groups is 2. The highest BCUT2D eigenvalue weighted by molar-refractivity contribution is 6.32. The maximum atomic E-state index is 12.6. The number of piperidine rings is 1. The Bertz CT molecular complexity index is 606. The lowest BCUT2D eigenvalue weighted by molar-refractivity contribution is -0.139. The summed E-state index contributed by atoms with van der Waals surface area (Å²) in [5.74, 6) is 0.519. The van der Waals surface area contributed by atoms with Crippen molar-refractivity contribution in [2.75, 3.05) is 13.1 Å². The lowest BCUT2D eigenvalue weighted by atomic mass is 9.93. The van der Waals surface area contributed by atoms with Crippen molar-refractivity contribution in [1.29, 1.82) is 0 Å². The van der Waals surface area contributed by atoms with Crippen LogP contribution >= 0.6 is 11.6 Å². The van der Waals surface area contributed by atoms with E-state index in [0.29, 0.717) is 29.7 Å². The van der Waals surface area contributed by atoms with Crippen LogP contribution in [0.25, 0.3) is 0 Å². The SMILES string of the molecule is Cc1ccc(Cl)c(OC(C)C(=O)N2CCCC(CCC(N)=O)C2)c1. The molecular weight excluding hydrogens is 328 g/mol. The van der Waals surface area contributed by atoms with E-state index < -0.39 is 6.10 Å². The normalized spacial score (nSPS) is 19.0. The Labute approximate surface area is 148 Å². The van der Waals surface area contributed by atoms with E-state index in [4.69, 9.17) is 22.1 Å². The van der Waals surface area contributed by atoms with Crippen LogP contribution in [0.3, 0.4) is 0 Å². The highest BCUT2D eigenvalue weighted by Gasteiger charge is 2.28. The van der Waals surface area contributed by atoms with Crippen molar-refractivity contribution < 1.29 is 14.3 Å². The molecule has 1 aliphatic rings. The van der Waals surface area contributed by atoms with Gasteiger partial charge in [0.05, 0.1) is 5.02 Å². The third kappa shape index (κ3) is 5.13. The molecule has 0 saturated carbocycles. The zero-order chi connectivity index (χ0) is 17.7. The molecule has 132 valence electrons. The van der Waals surface area contributed by atoms with Crippen LogP contribution in [0.4, 0.5) is 0 Å². The molecule has 2 unspecified atom stereocenters. The zero-order valence-electron chi connectivity index (χ0n) is 14.3. The topological polar surface area (TPSA) is 72.6 Å². The molecule has 1 fully saturated rings. The maximum Gasteiger partial charge on any atom is 0.263 e. The number of benzene rings is 1. The van der Waals surface area contributed by atoms with Gasteiger partial charge in [-0.25, -0.2) is 0 Å². The van der Waals surface area contributed by atoms with Crippen LogP contribution in [0.5, 0.6) is 5.75 Å². The van der Waals surface area contributed by atoms with E-state index in [9.17, 15) is 9.59 Å². The van der Waals surface area contributed by atoms with Crippen LogP contribution < -0.4 is 10.5 Å². The molecule has 1 saturated heterocycles. The molecule has 1 heterocycles. The van der Waals surface area contributed by atoms with Crippen LogP contribution in [-0.2, 0) is 9.59 Å². The molecule has 0 spiro atoms. The van der Waals surface area contributed by atoms with Gasteiger partial charge in [0.1, 0.15) is 5.75 Å². The molecule has 2 rings (SSSR count). The van der Waals surface area contributed by atoms with Crippen LogP contribution in [0.1, 0.15) is 38.2 Å². The standard InChI is InChI=1S/C18H25ClN2O3/c1-12-5-7-15(19)16(10-12)24-13(2)18(23)21-9-3-4-14(11-21)6-8-17(20)22/h5,7,10,13-14H,3-4,6,8-9,11H2,1-2H3,(H2,20,22). The van der Waals surface area contributed by atoms with Crippen molar-refractivity contribution in [2.24, 2.45) is 11.7 Å². The van der Waals surface area contributed by atoms with Gasteiger partial charge in [0.15, 0.2) is 6.10 Å². The van der Waals surface area contributed by atoms with Gasteiger partial charge in [-0.05, 0) is 56.7 Å². The first-order valence-corrected chi connectivity index (χ1v) is 8.74. The molecule has 5 nitrogen and oxygen atoms in total. The molecule has 2 N–H and O–H groups in total. The van der Waals surface area contributed by atoms with E-state index in [1.54, 1.807) is 13.0 Å². The number of nitrogens with zero attached hydrogens (tertiary/aromatic N) is 1. The van der Waals surface area contributed by atoms with Gasteiger partial charge >= 0.3 is 0 Å². The van der Waals surface area contributed by atoms with Crippen molar-refractivity contribution in [3.63, 3.8) is 0 Å². The van der Waals surface area contributed by atoms with Gasteiger partial charge in [-0.1, -0.05) is 17.7 Å². The summed E-state index contributed by atoms with van der Waals surface area (Å²) in [4.78, 5) is 25.4. The molecular formula is C18H25ClN2O3. The molecule has 2 amide bonds. The van der Waals surface area contributed by atoms with Gasteiger partial charge < -0.3 is 15.4 Å². The quantitative estimate of drug-likeness (QED) is 0.855. The van der Waals surface area contributed by atoms with Crippen molar-refractivity contribution >= 4 is 23.4 Å². The highest BCUT2D eigenvalue weighted by atomic mass is 35.5. The Morgan fingerprint density at radius 3 is 2.92 bits per heavy atom. The fourth-order valence-corrected chi connectivity index (χ4v) is 3.21. The number of amides is 2. The number of aryl methyl sites for hydroxylation is 1. The number of likely N-dealkylation sites (tertiary alicyclic amines) is 1. The second-order valence-corrected chi connectivity index (χ2v) is 6.90. The average Bonchev–Trinajstić information content (AvgIpc) is 2.55. The number of hydrogen-bond donors (Lipinski definition) is 1. The number of hydrogen-bond acceptors (Lipinski definition) is 3. The molecule has 24 heavy (non-hydrogen) atoms. The Kier molecular flexibility index (Phi) is 6.49. The Balaban J connectivity index is 1.94. The summed E-state index contributed by atoms with van der Waals surface area (Å²) in [5.41, 5.74) is 6.24. The third-order valence-corrected chi connectivity index (χ3v) is 4.68. The molecule has 1 aromatic rings. The van der Waals surface area contributed by atoms with E-state index in [1.165, 1.54) is 0 Å². The number of halogens is 1. The van der Waals surface area contributed by atoms with Gasteiger partial charge in [-0.15, -0.1) is 0 Å². The second kappa shape index (κ2) is 8.38. The summed E-state index contributed by atoms with van der Waals surface area (Å²) < 4.78 is 5.78. The summed E-state index contributed by atoms with van der Waals surface area (Å²) in [6.07, 6.45) is 2.47. The monoisotopic (exact) mass is 352 g/mol. The minimum Gasteiger partial charge on any atom is -0.479 e. The number of ether oxygens (including phenoxy) is 1. The Hall–Kier alpha value is -1.75. The lowest BCUT2D eigenvalue weighted by Crippen LogP contribution is -2.46. The maximum absolute atomic E-state index is 12.6. The summed E-state index contributed by atoms with van der Waals surface area (Å²) in [5, 5.41) is 0.498. The molecule has 1 aromatic carbocycles. The smallest absolute Gasteiger partial charge is 0.263 e. The van der Waals surface area contributed by atoms with Crippen molar-refractivity contribution in [2.45, 2.75) is 45.6 Å². The summed E-state index contributed by atoms with van der Waals surface area (Å²) in [6, 6.07) is 5.50. The first kappa shape index (κ1) is 18.6. The van der Waals surface area contributed by atoms with Crippen LogP contribution in [0.15, 0.2) is 18.2 Å². The summed E-state index contributed by atoms with van der Waals surface area (Å²) >= 11 is 6.13. The summed E-state index contributed by atoms with van der Waals surface area (Å²) in [6.45, 7) is 5.07. The van der Waals surface area contributed by atoms with Crippen LogP contribution in [0, 0.1) is 12.8 Å². The number of rotatable bonds is 6. The Morgan fingerprint density at radius 1 is 1.46 bits per heavy atom. The van der Waals surface area contributed by atoms with Crippen molar-refractivity contribution in [3.8, 4) is 5.75 Å². The van der Waals surface area contributed by atoms with E-state index in [2.05, 4.69) is 0 Å². The van der Waals surface area contributed by atoms with Gasteiger partial charge in [-0.3, -0.25) is 9.59 Å². The predicted molar refractivity (Wildman–Crippen MR) is 94.0 cm³/mol. The molecule has 0 aromatic heterocycles. The van der Waals surface area contributed by atoms with Crippen LogP contribution in [-0.4, -0.2) is 35.9 Å². The predicted octanol–water partition coefficient (Wildman–Crippen LogP) is 2.92. The second-order valence-electron chi connectivity index (χ2n) is 6.49. The van der Waals surface area contributed by atoms with Crippen molar-refractivity contribution in [3.05, 3.63) is 28.8 Å².